The van der Waals surface area contributed by atoms with Gasteiger partial charge >= 0.3 is 0 Å². The smallest absolute Gasteiger partial charge is 0.258 e. The molecule has 2 aliphatic heterocycles. The molecule has 2 atom stereocenters. The van der Waals surface area contributed by atoms with Crippen molar-refractivity contribution in [1.29, 1.82) is 0 Å². The second-order valence-corrected chi connectivity index (χ2v) is 13.5. The second kappa shape index (κ2) is 17.7. The van der Waals surface area contributed by atoms with E-state index < -0.39 is 0 Å². The highest BCUT2D eigenvalue weighted by molar-refractivity contribution is 9.10. The number of nitrogens with one attached hydrogen (secondary N) is 4. The molecule has 6 heterocycles. The minimum atomic E-state index is -0.244. The largest absolute Gasteiger partial charge is 0.371 e. The van der Waals surface area contributed by atoms with Gasteiger partial charge in [0, 0.05) is 73.4 Å². The zero-order chi connectivity index (χ0) is 37.3. The van der Waals surface area contributed by atoms with E-state index in [1.165, 1.54) is 10.9 Å². The van der Waals surface area contributed by atoms with Gasteiger partial charge in [-0.1, -0.05) is 35.9 Å². The molecule has 0 saturated carbocycles. The van der Waals surface area contributed by atoms with E-state index >= 15 is 0 Å². The van der Waals surface area contributed by atoms with Crippen molar-refractivity contribution in [3.05, 3.63) is 142 Å². The number of pyridine rings is 2. The average Bonchev–Trinajstić information content (AvgIpc) is 3.92. The first-order valence-corrected chi connectivity index (χ1v) is 18.4. The highest BCUT2D eigenvalue weighted by atomic mass is 79.9. The number of aromatic nitrogens is 6. The van der Waals surface area contributed by atoms with Crippen molar-refractivity contribution in [2.75, 3.05) is 50.0 Å². The maximum absolute atomic E-state index is 12.5. The van der Waals surface area contributed by atoms with Gasteiger partial charge in [-0.15, -0.1) is 0 Å². The van der Waals surface area contributed by atoms with Crippen molar-refractivity contribution in [1.82, 2.24) is 40.2 Å². The molecule has 2 saturated heterocycles. The van der Waals surface area contributed by atoms with Crippen LogP contribution in [0.25, 0.3) is 11.5 Å². The van der Waals surface area contributed by atoms with Crippen LogP contribution in [-0.2, 0) is 9.47 Å². The molecular weight excluding hydrogens is 776 g/mol. The molecule has 2 aliphatic rings. The molecule has 4 aromatic heterocycles. The Morgan fingerprint density at radius 1 is 0.722 bits per heavy atom. The number of amides is 2. The highest BCUT2D eigenvalue weighted by Gasteiger charge is 2.18. The number of anilines is 2. The van der Waals surface area contributed by atoms with E-state index in [1.807, 2.05) is 60.7 Å². The zero-order valence-electron chi connectivity index (χ0n) is 28.9. The maximum Gasteiger partial charge on any atom is 0.258 e. The lowest BCUT2D eigenvalue weighted by atomic mass is 10.1. The van der Waals surface area contributed by atoms with Gasteiger partial charge in [-0.05, 0) is 69.5 Å². The van der Waals surface area contributed by atoms with Crippen molar-refractivity contribution in [2.45, 2.75) is 12.2 Å². The minimum absolute atomic E-state index is 0.0481. The van der Waals surface area contributed by atoms with E-state index in [0.717, 1.165) is 48.7 Å². The van der Waals surface area contributed by atoms with E-state index in [0.29, 0.717) is 45.5 Å². The number of halogens is 2. The van der Waals surface area contributed by atoms with Gasteiger partial charge in [-0.25, -0.2) is 19.3 Å². The molecule has 4 N–H and O–H groups in total. The number of hydrogen-bond donors (Lipinski definition) is 4. The van der Waals surface area contributed by atoms with E-state index in [4.69, 9.17) is 21.1 Å². The molecule has 6 aromatic rings. The van der Waals surface area contributed by atoms with Gasteiger partial charge < -0.3 is 30.7 Å². The molecule has 0 aliphatic carbocycles. The number of benzene rings is 2. The number of ether oxygens (including phenoxy) is 2. The first-order valence-electron chi connectivity index (χ1n) is 17.2. The van der Waals surface area contributed by atoms with Crippen LogP contribution in [0, 0.1) is 0 Å². The lowest BCUT2D eigenvalue weighted by Gasteiger charge is -2.24. The average molecular weight is 812 g/mol. The molecule has 2 fully saturated rings. The third-order valence-electron chi connectivity index (χ3n) is 8.54. The quantitative estimate of drug-likeness (QED) is 0.139. The van der Waals surface area contributed by atoms with Gasteiger partial charge in [0.25, 0.3) is 11.8 Å². The molecule has 0 unspecified atom stereocenters. The fourth-order valence-electron chi connectivity index (χ4n) is 5.73. The van der Waals surface area contributed by atoms with E-state index in [-0.39, 0.29) is 24.0 Å². The summed E-state index contributed by atoms with van der Waals surface area (Å²) in [5, 5.41) is 21.4. The standard InChI is InChI=1S/C19H18BrN5O2.C19H18ClN5O2/c20-18-9-16(5-6-22-18)25-12-14(10-23-25)19(26)24-15-3-1-13(2-4-15)17-11-21-7-8-27-17;20-15-5-6-22-18(9-15)25-12-14(10-23-25)19(26)24-16-3-1-13(2-4-16)17-11-21-7-8-27-17/h2*1-6,9-10,12,17,21H,7-8,11H2,(H,24,26)/t2*17-/m11/s1. The molecule has 0 bridgehead atoms. The second-order valence-electron chi connectivity index (χ2n) is 12.3. The Kier molecular flexibility index (Phi) is 12.1. The Morgan fingerprint density at radius 2 is 1.26 bits per heavy atom. The fourth-order valence-corrected chi connectivity index (χ4v) is 6.23. The van der Waals surface area contributed by atoms with Crippen LogP contribution in [-0.4, -0.2) is 80.7 Å². The molecule has 276 valence electrons. The molecule has 14 nitrogen and oxygen atoms in total. The summed E-state index contributed by atoms with van der Waals surface area (Å²) in [4.78, 5) is 33.2. The normalized spacial score (nSPS) is 16.9. The molecule has 2 aromatic carbocycles. The van der Waals surface area contributed by atoms with Gasteiger partial charge in [-0.3, -0.25) is 9.59 Å². The number of rotatable bonds is 8. The molecule has 16 heteroatoms. The van der Waals surface area contributed by atoms with E-state index in [2.05, 4.69) is 57.4 Å². The van der Waals surface area contributed by atoms with Crippen molar-refractivity contribution in [2.24, 2.45) is 0 Å². The highest BCUT2D eigenvalue weighted by Crippen LogP contribution is 2.23. The van der Waals surface area contributed by atoms with Crippen LogP contribution in [0.1, 0.15) is 44.1 Å². The number of hydrogen-bond acceptors (Lipinski definition) is 10. The topological polar surface area (TPSA) is 162 Å². The number of nitrogens with zero attached hydrogens (tertiary/aromatic N) is 6. The molecule has 54 heavy (non-hydrogen) atoms. The van der Waals surface area contributed by atoms with Crippen molar-refractivity contribution >= 4 is 50.7 Å². The van der Waals surface area contributed by atoms with Crippen LogP contribution in [0.5, 0.6) is 0 Å². The van der Waals surface area contributed by atoms with Crippen LogP contribution in [0.15, 0.2) is 115 Å². The predicted molar refractivity (Wildman–Crippen MR) is 207 cm³/mol. The summed E-state index contributed by atoms with van der Waals surface area (Å²) < 4.78 is 15.3. The van der Waals surface area contributed by atoms with Gasteiger partial charge in [0.2, 0.25) is 0 Å². The maximum atomic E-state index is 12.5. The Balaban J connectivity index is 0.000000167. The molecule has 0 spiro atoms. The summed E-state index contributed by atoms with van der Waals surface area (Å²) in [6.07, 6.45) is 9.71. The van der Waals surface area contributed by atoms with Gasteiger partial charge in [0.05, 0.1) is 54.6 Å². The van der Waals surface area contributed by atoms with Gasteiger partial charge in [0.15, 0.2) is 5.82 Å². The Morgan fingerprint density at radius 3 is 1.78 bits per heavy atom. The molecule has 2 amide bonds. The summed E-state index contributed by atoms with van der Waals surface area (Å²) in [6, 6.07) is 22.4. The lowest BCUT2D eigenvalue weighted by molar-refractivity contribution is 0.0276. The summed E-state index contributed by atoms with van der Waals surface area (Å²) in [5.74, 6) is 0.0938. The number of morpholine rings is 2. The summed E-state index contributed by atoms with van der Waals surface area (Å²) in [7, 11) is 0. The molecular formula is C38H36BrClN10O4. The van der Waals surface area contributed by atoms with Crippen molar-refractivity contribution < 1.29 is 19.1 Å². The third-order valence-corrected chi connectivity index (χ3v) is 9.21. The minimum Gasteiger partial charge on any atom is -0.371 e. The lowest BCUT2D eigenvalue weighted by Crippen LogP contribution is -2.33. The first kappa shape index (κ1) is 37.0. The summed E-state index contributed by atoms with van der Waals surface area (Å²) in [5.41, 5.74) is 5.35. The molecule has 8 rings (SSSR count). The summed E-state index contributed by atoms with van der Waals surface area (Å²) in [6.45, 7) is 4.77. The van der Waals surface area contributed by atoms with E-state index in [1.54, 1.807) is 47.8 Å². The Labute approximate surface area is 324 Å². The van der Waals surface area contributed by atoms with Crippen LogP contribution in [0.3, 0.4) is 0 Å². The predicted octanol–water partition coefficient (Wildman–Crippen LogP) is 5.78. The van der Waals surface area contributed by atoms with E-state index in [9.17, 15) is 9.59 Å². The van der Waals surface area contributed by atoms with Crippen LogP contribution in [0.4, 0.5) is 11.4 Å². The van der Waals surface area contributed by atoms with Crippen LogP contribution < -0.4 is 21.3 Å². The number of carbonyl (C=O) groups excluding carboxylic acids is 2. The van der Waals surface area contributed by atoms with Gasteiger partial charge in [-0.2, -0.15) is 10.2 Å². The summed E-state index contributed by atoms with van der Waals surface area (Å²) >= 11 is 9.30. The fraction of sp³-hybridized carbons (Fsp3) is 0.211. The van der Waals surface area contributed by atoms with Crippen molar-refractivity contribution in [3.63, 3.8) is 0 Å². The monoisotopic (exact) mass is 810 g/mol. The third kappa shape index (κ3) is 9.62. The number of carbonyl (C=O) groups is 2. The van der Waals surface area contributed by atoms with Crippen LogP contribution in [0.2, 0.25) is 5.02 Å². The van der Waals surface area contributed by atoms with Crippen molar-refractivity contribution in [3.8, 4) is 11.5 Å². The Hall–Kier alpha value is -5.29. The first-order chi connectivity index (χ1) is 26.4. The SMILES string of the molecule is O=C(Nc1ccc([C@H]2CNCCO2)cc1)c1cnn(-c2cc(Cl)ccn2)c1.O=C(Nc1ccc([C@H]2CNCCO2)cc1)c1cnn(-c2ccnc(Br)c2)c1. The Bertz CT molecular complexity index is 2030. The van der Waals surface area contributed by atoms with Crippen LogP contribution >= 0.6 is 27.5 Å². The zero-order valence-corrected chi connectivity index (χ0v) is 31.2. The molecule has 0 radical (unpaired) electrons. The van der Waals surface area contributed by atoms with Gasteiger partial charge in [0.1, 0.15) is 4.60 Å².